The second-order valence-electron chi connectivity index (χ2n) is 6.55. The van der Waals surface area contributed by atoms with E-state index in [-0.39, 0.29) is 0 Å². The summed E-state index contributed by atoms with van der Waals surface area (Å²) >= 11 is 0. The van der Waals surface area contributed by atoms with Crippen LogP contribution in [0.1, 0.15) is 35.4 Å². The molecule has 24 heavy (non-hydrogen) atoms. The van der Waals surface area contributed by atoms with E-state index in [1.165, 1.54) is 24.0 Å². The number of fused-ring (bicyclic) bond motifs is 1. The van der Waals surface area contributed by atoms with Crippen molar-refractivity contribution >= 4 is 0 Å². The number of hydrogen-bond donors (Lipinski definition) is 0. The molecule has 0 unspecified atom stereocenters. The van der Waals surface area contributed by atoms with Gasteiger partial charge >= 0.3 is 0 Å². The summed E-state index contributed by atoms with van der Waals surface area (Å²) in [6.45, 7) is 1.73. The van der Waals surface area contributed by atoms with Gasteiger partial charge in [-0.05, 0) is 44.0 Å². The van der Waals surface area contributed by atoms with Crippen LogP contribution in [0, 0.1) is 0 Å². The third-order valence-corrected chi connectivity index (χ3v) is 4.64. The lowest BCUT2D eigenvalue weighted by atomic mass is 9.96. The zero-order valence-corrected chi connectivity index (χ0v) is 14.0. The van der Waals surface area contributed by atoms with Gasteiger partial charge in [0.25, 0.3) is 0 Å². The molecule has 2 aromatic heterocycles. The summed E-state index contributed by atoms with van der Waals surface area (Å²) < 4.78 is 7.52. The van der Waals surface area contributed by atoms with E-state index in [4.69, 9.17) is 4.52 Å². The number of nitrogens with zero attached hydrogens (tertiary/aromatic N) is 4. The lowest BCUT2D eigenvalue weighted by molar-refractivity contribution is 0.301. The average molecular weight is 322 g/mol. The maximum atomic E-state index is 5.51. The van der Waals surface area contributed by atoms with Crippen molar-refractivity contribution in [1.82, 2.24) is 19.6 Å². The zero-order chi connectivity index (χ0) is 16.4. The van der Waals surface area contributed by atoms with Crippen LogP contribution in [0.15, 0.2) is 47.5 Å². The summed E-state index contributed by atoms with van der Waals surface area (Å²) in [5.74, 6) is 1.11. The minimum atomic E-state index is 0.835. The van der Waals surface area contributed by atoms with E-state index in [2.05, 4.69) is 46.4 Å². The average Bonchev–Trinajstić information content (AvgIpc) is 3.26. The molecule has 0 fully saturated rings. The van der Waals surface area contributed by atoms with Crippen molar-refractivity contribution in [3.8, 4) is 5.69 Å². The van der Waals surface area contributed by atoms with Crippen molar-refractivity contribution in [2.45, 2.75) is 38.8 Å². The predicted octanol–water partition coefficient (Wildman–Crippen LogP) is 3.37. The van der Waals surface area contributed by atoms with Crippen LogP contribution in [0.4, 0.5) is 0 Å². The fourth-order valence-corrected chi connectivity index (χ4v) is 3.38. The first-order valence-electron chi connectivity index (χ1n) is 8.52. The maximum absolute atomic E-state index is 5.51. The fraction of sp³-hybridized carbons (Fsp3) is 0.368. The monoisotopic (exact) mass is 322 g/mol. The summed E-state index contributed by atoms with van der Waals surface area (Å²) in [4.78, 5) is 6.38. The van der Waals surface area contributed by atoms with Gasteiger partial charge in [-0.15, -0.1) is 0 Å². The molecule has 1 aliphatic carbocycles. The molecule has 0 spiro atoms. The van der Waals surface area contributed by atoms with Gasteiger partial charge in [-0.2, -0.15) is 0 Å². The topological polar surface area (TPSA) is 47.1 Å². The summed E-state index contributed by atoms with van der Waals surface area (Å²) in [7, 11) is 2.13. The van der Waals surface area contributed by atoms with Crippen molar-refractivity contribution in [2.24, 2.45) is 0 Å². The van der Waals surface area contributed by atoms with Crippen LogP contribution >= 0.6 is 0 Å². The highest BCUT2D eigenvalue weighted by Crippen LogP contribution is 2.25. The molecule has 0 bridgehead atoms. The molecular formula is C19H22N4O. The summed E-state index contributed by atoms with van der Waals surface area (Å²) in [5.41, 5.74) is 4.88. The first kappa shape index (κ1) is 15.1. The van der Waals surface area contributed by atoms with Crippen molar-refractivity contribution in [1.29, 1.82) is 0 Å². The Hall–Kier alpha value is -2.40. The Kier molecular flexibility index (Phi) is 4.17. The molecule has 0 saturated heterocycles. The minimum absolute atomic E-state index is 0.835. The number of aromatic nitrogens is 3. The van der Waals surface area contributed by atoms with Gasteiger partial charge in [-0.25, -0.2) is 4.98 Å². The molecule has 1 aliphatic rings. The Morgan fingerprint density at radius 1 is 1.12 bits per heavy atom. The van der Waals surface area contributed by atoms with Gasteiger partial charge in [0.2, 0.25) is 0 Å². The Morgan fingerprint density at radius 3 is 2.75 bits per heavy atom. The maximum Gasteiger partial charge on any atom is 0.140 e. The van der Waals surface area contributed by atoms with Crippen LogP contribution in [0.25, 0.3) is 5.69 Å². The summed E-state index contributed by atoms with van der Waals surface area (Å²) in [6, 6.07) is 8.60. The highest BCUT2D eigenvalue weighted by Gasteiger charge is 2.20. The molecule has 5 nitrogen and oxygen atoms in total. The Balaban J connectivity index is 1.41. The molecule has 2 heterocycles. The molecule has 0 N–H and O–H groups in total. The Morgan fingerprint density at radius 2 is 1.96 bits per heavy atom. The van der Waals surface area contributed by atoms with Crippen LogP contribution in [0.3, 0.4) is 0 Å². The third kappa shape index (κ3) is 3.12. The smallest absolute Gasteiger partial charge is 0.140 e. The molecule has 0 radical (unpaired) electrons. The van der Waals surface area contributed by atoms with Crippen LogP contribution in [0.2, 0.25) is 0 Å². The van der Waals surface area contributed by atoms with Gasteiger partial charge in [-0.3, -0.25) is 4.90 Å². The van der Waals surface area contributed by atoms with E-state index in [1.807, 2.05) is 17.1 Å². The van der Waals surface area contributed by atoms with Crippen molar-refractivity contribution in [3.05, 3.63) is 65.6 Å². The van der Waals surface area contributed by atoms with Gasteiger partial charge in [-0.1, -0.05) is 17.3 Å². The highest BCUT2D eigenvalue weighted by atomic mass is 16.5. The van der Waals surface area contributed by atoms with Gasteiger partial charge in [0.05, 0.1) is 6.33 Å². The van der Waals surface area contributed by atoms with E-state index >= 15 is 0 Å². The van der Waals surface area contributed by atoms with Gasteiger partial charge in [0.15, 0.2) is 0 Å². The van der Waals surface area contributed by atoms with Gasteiger partial charge in [0, 0.05) is 43.2 Å². The summed E-state index contributed by atoms with van der Waals surface area (Å²) in [6.07, 6.45) is 10.2. The second-order valence-corrected chi connectivity index (χ2v) is 6.55. The molecule has 1 aromatic carbocycles. The second kappa shape index (κ2) is 6.61. The van der Waals surface area contributed by atoms with Gasteiger partial charge in [0.1, 0.15) is 11.5 Å². The zero-order valence-electron chi connectivity index (χ0n) is 14.0. The standard InChI is InChI=1S/C19H22N4O/c1-22(13-18-17-4-2-3-5-19(17)24-21-18)12-15-6-8-16(9-7-15)23-11-10-20-14-23/h6-11,14H,2-5,12-13H2,1H3. The number of benzene rings is 1. The van der Waals surface area contributed by atoms with E-state index in [0.29, 0.717) is 0 Å². The lowest BCUT2D eigenvalue weighted by Gasteiger charge is -2.17. The van der Waals surface area contributed by atoms with E-state index < -0.39 is 0 Å². The van der Waals surface area contributed by atoms with Crippen molar-refractivity contribution in [3.63, 3.8) is 0 Å². The molecule has 124 valence electrons. The predicted molar refractivity (Wildman–Crippen MR) is 91.9 cm³/mol. The third-order valence-electron chi connectivity index (χ3n) is 4.64. The first-order chi connectivity index (χ1) is 11.8. The SMILES string of the molecule is CN(Cc1ccc(-n2ccnc2)cc1)Cc1noc2c1CCCC2. The molecule has 3 aromatic rings. The highest BCUT2D eigenvalue weighted by molar-refractivity contribution is 5.34. The summed E-state index contributed by atoms with van der Waals surface area (Å²) in [5, 5.41) is 4.30. The number of aryl methyl sites for hydroxylation is 1. The Bertz CT molecular complexity index is 789. The quantitative estimate of drug-likeness (QED) is 0.722. The molecular weight excluding hydrogens is 300 g/mol. The van der Waals surface area contributed by atoms with E-state index in [9.17, 15) is 0 Å². The molecule has 0 amide bonds. The fourth-order valence-electron chi connectivity index (χ4n) is 3.38. The molecule has 0 aliphatic heterocycles. The van der Waals surface area contributed by atoms with Crippen LogP contribution in [0.5, 0.6) is 0 Å². The van der Waals surface area contributed by atoms with Crippen LogP contribution in [-0.2, 0) is 25.9 Å². The number of rotatable bonds is 5. The van der Waals surface area contributed by atoms with Crippen LogP contribution < -0.4 is 0 Å². The first-order valence-corrected chi connectivity index (χ1v) is 8.52. The largest absolute Gasteiger partial charge is 0.361 e. The van der Waals surface area contributed by atoms with Crippen LogP contribution in [-0.4, -0.2) is 26.7 Å². The molecule has 5 heteroatoms. The van der Waals surface area contributed by atoms with Crippen molar-refractivity contribution < 1.29 is 4.52 Å². The Labute approximate surface area is 141 Å². The van der Waals surface area contributed by atoms with Gasteiger partial charge < -0.3 is 9.09 Å². The minimum Gasteiger partial charge on any atom is -0.361 e. The molecule has 0 atom stereocenters. The van der Waals surface area contributed by atoms with Crippen molar-refractivity contribution in [2.75, 3.05) is 7.05 Å². The molecule has 4 rings (SSSR count). The molecule has 0 saturated carbocycles. The number of hydrogen-bond acceptors (Lipinski definition) is 4. The van der Waals surface area contributed by atoms with E-state index in [1.54, 1.807) is 6.20 Å². The normalized spacial score (nSPS) is 14.1. The number of imidazole rings is 1. The van der Waals surface area contributed by atoms with E-state index in [0.717, 1.165) is 43.1 Å². The lowest BCUT2D eigenvalue weighted by Crippen LogP contribution is -2.18.